The van der Waals surface area contributed by atoms with E-state index in [1.54, 1.807) is 6.92 Å². The van der Waals surface area contributed by atoms with E-state index in [9.17, 15) is 8.78 Å². The van der Waals surface area contributed by atoms with Crippen molar-refractivity contribution in [1.29, 1.82) is 0 Å². The van der Waals surface area contributed by atoms with Crippen LogP contribution in [0.1, 0.15) is 37.4 Å². The maximum absolute atomic E-state index is 13.7. The Kier molecular flexibility index (Phi) is 4.65. The third-order valence-electron chi connectivity index (χ3n) is 2.81. The molecule has 1 rings (SSSR count). The Bertz CT molecular complexity index is 435. The van der Waals surface area contributed by atoms with Crippen LogP contribution in [-0.2, 0) is 0 Å². The summed E-state index contributed by atoms with van der Waals surface area (Å²) in [4.78, 5) is 0. The van der Waals surface area contributed by atoms with E-state index in [1.165, 1.54) is 19.1 Å². The van der Waals surface area contributed by atoms with E-state index in [0.29, 0.717) is 11.1 Å². The van der Waals surface area contributed by atoms with E-state index in [0.717, 1.165) is 6.42 Å². The second kappa shape index (κ2) is 5.79. The van der Waals surface area contributed by atoms with Gasteiger partial charge in [-0.25, -0.2) is 8.78 Å². The van der Waals surface area contributed by atoms with Crippen molar-refractivity contribution < 1.29 is 8.78 Å². The Hall–Kier alpha value is -1.40. The molecule has 1 nitrogen and oxygen atoms in total. The normalized spacial score (nSPS) is 14.1. The lowest BCUT2D eigenvalue weighted by Crippen LogP contribution is -2.30. The molecule has 1 N–H and O–H groups in total. The lowest BCUT2D eigenvalue weighted by atomic mass is 10.0. The van der Waals surface area contributed by atoms with Crippen molar-refractivity contribution in [2.45, 2.75) is 39.3 Å². The maximum atomic E-state index is 13.7. The number of nitrogens with one attached hydrogen (secondary N) is 1. The van der Waals surface area contributed by atoms with E-state index in [4.69, 9.17) is 6.42 Å². The summed E-state index contributed by atoms with van der Waals surface area (Å²) in [6, 6.07) is 1.99. The number of hydrogen-bond acceptors (Lipinski definition) is 1. The molecule has 0 aliphatic heterocycles. The van der Waals surface area contributed by atoms with Crippen molar-refractivity contribution in [3.63, 3.8) is 0 Å². The molecule has 92 valence electrons. The van der Waals surface area contributed by atoms with Crippen LogP contribution in [0.25, 0.3) is 0 Å². The molecule has 1 aromatic rings. The minimum Gasteiger partial charge on any atom is -0.297 e. The standard InChI is InChI=1S/C14H17F2N/c1-5-11(6-2)17-10(4)12-8-13(15)9(3)7-14(12)16/h1,7-8,10-11,17H,6H2,2-4H3. The van der Waals surface area contributed by atoms with Gasteiger partial charge in [0.15, 0.2) is 0 Å². The number of benzene rings is 1. The molecular formula is C14H17F2N. The van der Waals surface area contributed by atoms with E-state index < -0.39 is 11.6 Å². The van der Waals surface area contributed by atoms with E-state index >= 15 is 0 Å². The summed E-state index contributed by atoms with van der Waals surface area (Å²) in [6.07, 6.45) is 6.07. The van der Waals surface area contributed by atoms with Crippen molar-refractivity contribution >= 4 is 0 Å². The molecule has 0 fully saturated rings. The monoisotopic (exact) mass is 237 g/mol. The fraction of sp³-hybridized carbons (Fsp3) is 0.429. The predicted octanol–water partition coefficient (Wildman–Crippen LogP) is 3.34. The topological polar surface area (TPSA) is 12.0 Å². The first kappa shape index (κ1) is 13.7. The minimum atomic E-state index is -0.407. The summed E-state index contributed by atoms with van der Waals surface area (Å²) in [5, 5.41) is 3.08. The van der Waals surface area contributed by atoms with E-state index in [1.807, 2.05) is 6.92 Å². The van der Waals surface area contributed by atoms with Gasteiger partial charge in [-0.15, -0.1) is 6.42 Å². The molecule has 0 aromatic heterocycles. The van der Waals surface area contributed by atoms with Gasteiger partial charge in [0.25, 0.3) is 0 Å². The number of hydrogen-bond donors (Lipinski definition) is 1. The van der Waals surface area contributed by atoms with Gasteiger partial charge in [-0.2, -0.15) is 0 Å². The summed E-state index contributed by atoms with van der Waals surface area (Å²) >= 11 is 0. The molecular weight excluding hydrogens is 220 g/mol. The molecule has 1 aromatic carbocycles. The Morgan fingerprint density at radius 3 is 2.53 bits per heavy atom. The molecule has 0 aliphatic carbocycles. The van der Waals surface area contributed by atoms with Crippen LogP contribution in [0.4, 0.5) is 8.78 Å². The van der Waals surface area contributed by atoms with Crippen molar-refractivity contribution in [3.05, 3.63) is 34.9 Å². The Labute approximate surface area is 101 Å². The van der Waals surface area contributed by atoms with Gasteiger partial charge in [-0.05, 0) is 38.0 Å². The molecule has 0 saturated carbocycles. The summed E-state index contributed by atoms with van der Waals surface area (Å²) < 4.78 is 27.1. The number of rotatable bonds is 4. The van der Waals surface area contributed by atoms with Gasteiger partial charge >= 0.3 is 0 Å². The first-order valence-corrected chi connectivity index (χ1v) is 5.67. The summed E-state index contributed by atoms with van der Waals surface area (Å²) in [5.41, 5.74) is 0.615. The average molecular weight is 237 g/mol. The first-order valence-electron chi connectivity index (χ1n) is 5.67. The second-order valence-corrected chi connectivity index (χ2v) is 4.14. The quantitative estimate of drug-likeness (QED) is 0.792. The van der Waals surface area contributed by atoms with Crippen molar-refractivity contribution in [1.82, 2.24) is 5.32 Å². The lowest BCUT2D eigenvalue weighted by Gasteiger charge is -2.19. The van der Waals surface area contributed by atoms with Gasteiger partial charge in [-0.3, -0.25) is 5.32 Å². The van der Waals surface area contributed by atoms with Crippen LogP contribution in [0.15, 0.2) is 12.1 Å². The molecule has 2 unspecified atom stereocenters. The second-order valence-electron chi connectivity index (χ2n) is 4.14. The molecule has 0 heterocycles. The summed E-state index contributed by atoms with van der Waals surface area (Å²) in [5.74, 6) is 1.76. The molecule has 0 aliphatic rings. The highest BCUT2D eigenvalue weighted by Crippen LogP contribution is 2.21. The zero-order chi connectivity index (χ0) is 13.0. The average Bonchev–Trinajstić information content (AvgIpc) is 2.30. The highest BCUT2D eigenvalue weighted by atomic mass is 19.1. The van der Waals surface area contributed by atoms with Gasteiger partial charge in [0.05, 0.1) is 6.04 Å². The van der Waals surface area contributed by atoms with Gasteiger partial charge in [0, 0.05) is 11.6 Å². The van der Waals surface area contributed by atoms with Gasteiger partial charge in [0.1, 0.15) is 11.6 Å². The zero-order valence-corrected chi connectivity index (χ0v) is 10.3. The fourth-order valence-electron chi connectivity index (χ4n) is 1.67. The highest BCUT2D eigenvalue weighted by molar-refractivity contribution is 5.27. The minimum absolute atomic E-state index is 0.131. The largest absolute Gasteiger partial charge is 0.297 e. The van der Waals surface area contributed by atoms with Gasteiger partial charge in [0.2, 0.25) is 0 Å². The van der Waals surface area contributed by atoms with Crippen LogP contribution < -0.4 is 5.32 Å². The van der Waals surface area contributed by atoms with Crippen LogP contribution >= 0.6 is 0 Å². The molecule has 0 spiro atoms. The number of terminal acetylenes is 1. The molecule has 0 bridgehead atoms. The van der Waals surface area contributed by atoms with Gasteiger partial charge in [-0.1, -0.05) is 12.8 Å². The molecule has 0 saturated heterocycles. The van der Waals surface area contributed by atoms with E-state index in [2.05, 4.69) is 11.2 Å². The molecule has 17 heavy (non-hydrogen) atoms. The van der Waals surface area contributed by atoms with Crippen molar-refractivity contribution in [2.24, 2.45) is 0 Å². The van der Waals surface area contributed by atoms with Crippen LogP contribution in [0.3, 0.4) is 0 Å². The van der Waals surface area contributed by atoms with Crippen LogP contribution in [-0.4, -0.2) is 6.04 Å². The van der Waals surface area contributed by atoms with E-state index in [-0.39, 0.29) is 12.1 Å². The zero-order valence-electron chi connectivity index (χ0n) is 10.3. The van der Waals surface area contributed by atoms with Crippen LogP contribution in [0.2, 0.25) is 0 Å². The first-order chi connectivity index (χ1) is 7.99. The molecule has 0 amide bonds. The Morgan fingerprint density at radius 1 is 1.35 bits per heavy atom. The van der Waals surface area contributed by atoms with Crippen molar-refractivity contribution in [3.8, 4) is 12.3 Å². The van der Waals surface area contributed by atoms with Crippen LogP contribution in [0.5, 0.6) is 0 Å². The third kappa shape index (κ3) is 3.28. The Morgan fingerprint density at radius 2 is 2.00 bits per heavy atom. The summed E-state index contributed by atoms with van der Waals surface area (Å²) in [6.45, 7) is 5.25. The predicted molar refractivity (Wildman–Crippen MR) is 65.6 cm³/mol. The Balaban J connectivity index is 2.93. The molecule has 3 heteroatoms. The van der Waals surface area contributed by atoms with Crippen LogP contribution in [0, 0.1) is 30.9 Å². The SMILES string of the molecule is C#CC(CC)NC(C)c1cc(F)c(C)cc1F. The number of aryl methyl sites for hydroxylation is 1. The highest BCUT2D eigenvalue weighted by Gasteiger charge is 2.15. The smallest absolute Gasteiger partial charge is 0.128 e. The lowest BCUT2D eigenvalue weighted by molar-refractivity contribution is 0.482. The fourth-order valence-corrected chi connectivity index (χ4v) is 1.67. The van der Waals surface area contributed by atoms with Crippen molar-refractivity contribution in [2.75, 3.05) is 0 Å². The number of halogens is 2. The van der Waals surface area contributed by atoms with Gasteiger partial charge < -0.3 is 0 Å². The summed E-state index contributed by atoms with van der Waals surface area (Å²) in [7, 11) is 0. The third-order valence-corrected chi connectivity index (χ3v) is 2.81. The maximum Gasteiger partial charge on any atom is 0.128 e. The molecule has 0 radical (unpaired) electrons. The molecule has 2 atom stereocenters.